The number of nitrogens with zero attached hydrogens (tertiary/aromatic N) is 2. The van der Waals surface area contributed by atoms with Gasteiger partial charge in [-0.15, -0.1) is 0 Å². The van der Waals surface area contributed by atoms with Gasteiger partial charge in [-0.05, 0) is 50.6 Å². The van der Waals surface area contributed by atoms with E-state index in [4.69, 9.17) is 0 Å². The minimum atomic E-state index is 0.207. The number of piperidine rings is 1. The van der Waals surface area contributed by atoms with E-state index in [-0.39, 0.29) is 11.8 Å². The van der Waals surface area contributed by atoms with E-state index in [1.54, 1.807) is 4.90 Å². The second-order valence-corrected chi connectivity index (χ2v) is 6.69. The third kappa shape index (κ3) is 3.61. The van der Waals surface area contributed by atoms with Crippen molar-refractivity contribution in [1.82, 2.24) is 9.80 Å². The molecule has 20 heavy (non-hydrogen) atoms. The smallest absolute Gasteiger partial charge is 0.225 e. The summed E-state index contributed by atoms with van der Waals surface area (Å²) in [6.07, 6.45) is 1.94. The average Bonchev–Trinajstić information content (AvgIpc) is 2.46. The number of carbonyl (C=O) groups is 1. The molecule has 0 N–H and O–H groups in total. The highest BCUT2D eigenvalue weighted by Gasteiger charge is 2.28. The van der Waals surface area contributed by atoms with Gasteiger partial charge >= 0.3 is 0 Å². The van der Waals surface area contributed by atoms with Crippen molar-refractivity contribution in [2.75, 3.05) is 27.2 Å². The van der Waals surface area contributed by atoms with Gasteiger partial charge in [0, 0.05) is 30.5 Å². The van der Waals surface area contributed by atoms with Gasteiger partial charge in [-0.2, -0.15) is 0 Å². The lowest BCUT2D eigenvalue weighted by Crippen LogP contribution is -2.41. The van der Waals surface area contributed by atoms with Crippen molar-refractivity contribution in [3.8, 4) is 0 Å². The monoisotopic (exact) mass is 338 g/mol. The zero-order valence-electron chi connectivity index (χ0n) is 12.5. The maximum absolute atomic E-state index is 12.0. The molecule has 110 valence electrons. The van der Waals surface area contributed by atoms with Crippen LogP contribution in [-0.4, -0.2) is 42.9 Å². The van der Waals surface area contributed by atoms with Gasteiger partial charge in [0.25, 0.3) is 0 Å². The fraction of sp³-hybridized carbons (Fsp3) is 0.562. The summed E-state index contributed by atoms with van der Waals surface area (Å²) >= 11 is 3.47. The first kappa shape index (κ1) is 15.5. The van der Waals surface area contributed by atoms with E-state index >= 15 is 0 Å². The number of benzene rings is 1. The van der Waals surface area contributed by atoms with Crippen LogP contribution in [0.15, 0.2) is 28.7 Å². The summed E-state index contributed by atoms with van der Waals surface area (Å²) < 4.78 is 1.11. The number of halogens is 1. The van der Waals surface area contributed by atoms with Crippen LogP contribution in [0.4, 0.5) is 0 Å². The van der Waals surface area contributed by atoms with Gasteiger partial charge in [0.15, 0.2) is 0 Å². The van der Waals surface area contributed by atoms with Gasteiger partial charge in [-0.3, -0.25) is 9.69 Å². The van der Waals surface area contributed by atoms with Crippen LogP contribution in [0.5, 0.6) is 0 Å². The fourth-order valence-corrected chi connectivity index (χ4v) is 3.12. The molecule has 0 saturated carbocycles. The summed E-state index contributed by atoms with van der Waals surface area (Å²) in [7, 11) is 3.69. The molecule has 2 rings (SSSR count). The third-order valence-corrected chi connectivity index (χ3v) is 4.75. The largest absolute Gasteiger partial charge is 0.349 e. The molecule has 1 aliphatic heterocycles. The lowest BCUT2D eigenvalue weighted by atomic mass is 9.93. The Morgan fingerprint density at radius 1 is 1.25 bits per heavy atom. The minimum Gasteiger partial charge on any atom is -0.349 e. The van der Waals surface area contributed by atoms with Crippen molar-refractivity contribution in [2.45, 2.75) is 25.8 Å². The third-order valence-electron chi connectivity index (χ3n) is 4.22. The quantitative estimate of drug-likeness (QED) is 0.844. The molecule has 0 spiro atoms. The molecule has 1 fully saturated rings. The topological polar surface area (TPSA) is 23.6 Å². The fourth-order valence-electron chi connectivity index (χ4n) is 2.85. The lowest BCUT2D eigenvalue weighted by molar-refractivity contribution is -0.134. The van der Waals surface area contributed by atoms with Crippen LogP contribution in [0.2, 0.25) is 0 Å². The highest BCUT2D eigenvalue weighted by Crippen LogP contribution is 2.27. The van der Waals surface area contributed by atoms with Crippen molar-refractivity contribution in [3.05, 3.63) is 34.3 Å². The highest BCUT2D eigenvalue weighted by molar-refractivity contribution is 9.10. The molecular formula is C16H23BrN2O. The zero-order valence-corrected chi connectivity index (χ0v) is 14.1. The van der Waals surface area contributed by atoms with E-state index in [2.05, 4.69) is 52.0 Å². The van der Waals surface area contributed by atoms with E-state index in [0.717, 1.165) is 30.4 Å². The number of hydrogen-bond donors (Lipinski definition) is 0. The Bertz CT molecular complexity index is 450. The zero-order chi connectivity index (χ0) is 14.7. The maximum Gasteiger partial charge on any atom is 0.225 e. The lowest BCUT2D eigenvalue weighted by Gasteiger charge is -2.36. The van der Waals surface area contributed by atoms with Crippen LogP contribution >= 0.6 is 15.9 Å². The van der Waals surface area contributed by atoms with Gasteiger partial charge in [0.2, 0.25) is 5.91 Å². The Labute approximate surface area is 130 Å². The molecule has 1 aliphatic rings. The molecule has 1 amide bonds. The second kappa shape index (κ2) is 6.72. The molecule has 1 aromatic carbocycles. The van der Waals surface area contributed by atoms with Crippen molar-refractivity contribution >= 4 is 21.8 Å². The van der Waals surface area contributed by atoms with E-state index in [0.29, 0.717) is 6.04 Å². The average molecular weight is 339 g/mol. The van der Waals surface area contributed by atoms with Gasteiger partial charge in [-0.25, -0.2) is 0 Å². The van der Waals surface area contributed by atoms with Crippen molar-refractivity contribution in [3.63, 3.8) is 0 Å². The SMILES string of the molecule is C[C@@H](c1ccc(Br)cc1)N1CCC(C(=O)N(C)C)CC1. The Kier molecular flexibility index (Phi) is 5.22. The maximum atomic E-state index is 12.0. The van der Waals surface area contributed by atoms with Crippen LogP contribution in [0, 0.1) is 5.92 Å². The molecule has 0 radical (unpaired) electrons. The second-order valence-electron chi connectivity index (χ2n) is 5.77. The summed E-state index contributed by atoms with van der Waals surface area (Å²) in [5, 5.41) is 0. The van der Waals surface area contributed by atoms with E-state index in [9.17, 15) is 4.79 Å². The number of amides is 1. The standard InChI is InChI=1S/C16H23BrN2O/c1-12(13-4-6-15(17)7-5-13)19-10-8-14(9-11-19)16(20)18(2)3/h4-7,12,14H,8-11H2,1-3H3/t12-/m0/s1. The first-order valence-corrected chi connectivity index (χ1v) is 7.99. The highest BCUT2D eigenvalue weighted by atomic mass is 79.9. The minimum absolute atomic E-state index is 0.207. The Morgan fingerprint density at radius 2 is 1.80 bits per heavy atom. The van der Waals surface area contributed by atoms with Gasteiger partial charge in [0.1, 0.15) is 0 Å². The number of carbonyl (C=O) groups excluding carboxylic acids is 1. The first-order valence-electron chi connectivity index (χ1n) is 7.19. The Hall–Kier alpha value is -0.870. The molecule has 1 aromatic rings. The molecule has 4 heteroatoms. The van der Waals surface area contributed by atoms with E-state index in [1.807, 2.05) is 14.1 Å². The summed E-state index contributed by atoms with van der Waals surface area (Å²) in [6.45, 7) is 4.25. The van der Waals surface area contributed by atoms with Crippen molar-refractivity contribution < 1.29 is 4.79 Å². The summed E-state index contributed by atoms with van der Waals surface area (Å²) in [5.41, 5.74) is 1.34. The summed E-state index contributed by atoms with van der Waals surface area (Å²) in [4.78, 5) is 16.2. The Morgan fingerprint density at radius 3 is 2.30 bits per heavy atom. The molecule has 1 saturated heterocycles. The molecule has 0 unspecified atom stereocenters. The molecule has 3 nitrogen and oxygen atoms in total. The molecule has 1 atom stereocenters. The van der Waals surface area contributed by atoms with Crippen LogP contribution in [0.3, 0.4) is 0 Å². The summed E-state index contributed by atoms with van der Waals surface area (Å²) in [6, 6.07) is 8.94. The summed E-state index contributed by atoms with van der Waals surface area (Å²) in [5.74, 6) is 0.485. The van der Waals surface area contributed by atoms with Crippen molar-refractivity contribution in [1.29, 1.82) is 0 Å². The van der Waals surface area contributed by atoms with Crippen LogP contribution in [0.1, 0.15) is 31.4 Å². The molecule has 1 heterocycles. The molecule has 0 aromatic heterocycles. The van der Waals surface area contributed by atoms with Gasteiger partial charge in [-0.1, -0.05) is 28.1 Å². The van der Waals surface area contributed by atoms with E-state index < -0.39 is 0 Å². The molecule has 0 aliphatic carbocycles. The Balaban J connectivity index is 1.93. The van der Waals surface area contributed by atoms with Gasteiger partial charge in [0.05, 0.1) is 0 Å². The first-order chi connectivity index (χ1) is 9.49. The van der Waals surface area contributed by atoms with Crippen LogP contribution in [-0.2, 0) is 4.79 Å². The van der Waals surface area contributed by atoms with Crippen LogP contribution < -0.4 is 0 Å². The number of likely N-dealkylation sites (tertiary alicyclic amines) is 1. The van der Waals surface area contributed by atoms with E-state index in [1.165, 1.54) is 5.56 Å². The van der Waals surface area contributed by atoms with Crippen molar-refractivity contribution in [2.24, 2.45) is 5.92 Å². The predicted molar refractivity (Wildman–Crippen MR) is 85.5 cm³/mol. The number of hydrogen-bond acceptors (Lipinski definition) is 2. The predicted octanol–water partition coefficient (Wildman–Crippen LogP) is 3.31. The normalized spacial score (nSPS) is 18.8. The van der Waals surface area contributed by atoms with Gasteiger partial charge < -0.3 is 4.90 Å². The van der Waals surface area contributed by atoms with Crippen LogP contribution in [0.25, 0.3) is 0 Å². The molecule has 0 bridgehead atoms. The number of rotatable bonds is 3. The molecular weight excluding hydrogens is 316 g/mol.